The van der Waals surface area contributed by atoms with Gasteiger partial charge in [-0.05, 0) is 32.4 Å². The number of H-pyrrole nitrogens is 1. The van der Waals surface area contributed by atoms with E-state index < -0.39 is 0 Å². The van der Waals surface area contributed by atoms with E-state index in [1.165, 1.54) is 0 Å². The first-order valence-electron chi connectivity index (χ1n) is 7.54. The lowest BCUT2D eigenvalue weighted by atomic mass is 10.0. The van der Waals surface area contributed by atoms with Crippen LogP contribution < -0.4 is 5.69 Å². The number of rotatable bonds is 2. The van der Waals surface area contributed by atoms with Gasteiger partial charge >= 0.3 is 5.69 Å². The lowest BCUT2D eigenvalue weighted by molar-refractivity contribution is 0.393. The lowest BCUT2D eigenvalue weighted by Gasteiger charge is -2.06. The molecular weight excluding hydrogens is 292 g/mol. The largest absolute Gasteiger partial charge is 0.361 e. The molecule has 0 saturated heterocycles. The highest BCUT2D eigenvalue weighted by atomic mass is 16.5. The molecule has 1 aromatic carbocycles. The first kappa shape index (κ1) is 13.8. The van der Waals surface area contributed by atoms with E-state index in [1.807, 2.05) is 39.0 Å². The van der Waals surface area contributed by atoms with Crippen molar-refractivity contribution in [1.29, 1.82) is 0 Å². The molecule has 0 bridgehead atoms. The topological polar surface area (TPSA) is 76.7 Å². The molecule has 1 N–H and O–H groups in total. The van der Waals surface area contributed by atoms with Gasteiger partial charge in [-0.2, -0.15) is 0 Å². The van der Waals surface area contributed by atoms with E-state index in [2.05, 4.69) is 15.1 Å². The predicted molar refractivity (Wildman–Crippen MR) is 88.5 cm³/mol. The van der Waals surface area contributed by atoms with Gasteiger partial charge in [0.15, 0.2) is 0 Å². The third-order valence-corrected chi connectivity index (χ3v) is 4.24. The maximum atomic E-state index is 12.0. The van der Waals surface area contributed by atoms with Crippen molar-refractivity contribution in [2.45, 2.75) is 27.3 Å². The van der Waals surface area contributed by atoms with Gasteiger partial charge in [0.2, 0.25) is 0 Å². The molecule has 4 aromatic rings. The number of aromatic nitrogens is 4. The number of aromatic amines is 1. The Morgan fingerprint density at radius 1 is 1.30 bits per heavy atom. The average Bonchev–Trinajstić information content (AvgIpc) is 3.05. The number of hydrogen-bond donors (Lipinski definition) is 1. The Balaban J connectivity index is 2.04. The van der Waals surface area contributed by atoms with Crippen LogP contribution in [-0.2, 0) is 6.54 Å². The summed E-state index contributed by atoms with van der Waals surface area (Å²) in [6, 6.07) is 6.04. The molecule has 23 heavy (non-hydrogen) atoms. The quantitative estimate of drug-likeness (QED) is 0.617. The van der Waals surface area contributed by atoms with Crippen molar-refractivity contribution < 1.29 is 4.52 Å². The van der Waals surface area contributed by atoms with Gasteiger partial charge in [-0.3, -0.25) is 9.55 Å². The molecule has 0 spiro atoms. The maximum Gasteiger partial charge on any atom is 0.326 e. The second-order valence-corrected chi connectivity index (χ2v) is 5.63. The minimum atomic E-state index is -0.105. The molecular formula is C17H16N4O2. The fourth-order valence-electron chi connectivity index (χ4n) is 3.20. The van der Waals surface area contributed by atoms with Crippen molar-refractivity contribution >= 4 is 21.9 Å². The molecule has 0 aliphatic carbocycles. The third kappa shape index (κ3) is 1.91. The van der Waals surface area contributed by atoms with Crippen molar-refractivity contribution in [3.8, 4) is 11.1 Å². The number of pyridine rings is 1. The summed E-state index contributed by atoms with van der Waals surface area (Å²) in [4.78, 5) is 19.4. The van der Waals surface area contributed by atoms with E-state index in [0.29, 0.717) is 6.54 Å². The Morgan fingerprint density at radius 2 is 2.13 bits per heavy atom. The molecule has 0 unspecified atom stereocenters. The number of benzene rings is 1. The fourth-order valence-corrected chi connectivity index (χ4v) is 3.20. The normalized spacial score (nSPS) is 11.6. The molecule has 116 valence electrons. The van der Waals surface area contributed by atoms with Crippen molar-refractivity contribution in [3.05, 3.63) is 46.3 Å². The van der Waals surface area contributed by atoms with E-state index >= 15 is 0 Å². The molecule has 0 radical (unpaired) electrons. The van der Waals surface area contributed by atoms with Gasteiger partial charge < -0.3 is 9.51 Å². The molecule has 0 saturated carbocycles. The van der Waals surface area contributed by atoms with Crippen molar-refractivity contribution in [1.82, 2.24) is 19.7 Å². The van der Waals surface area contributed by atoms with Gasteiger partial charge in [0.05, 0.1) is 28.4 Å². The van der Waals surface area contributed by atoms with Crippen LogP contribution in [0.2, 0.25) is 0 Å². The highest BCUT2D eigenvalue weighted by molar-refractivity contribution is 6.03. The molecule has 0 fully saturated rings. The molecule has 3 heterocycles. The second kappa shape index (κ2) is 4.81. The van der Waals surface area contributed by atoms with Crippen molar-refractivity contribution in [2.75, 3.05) is 0 Å². The molecule has 6 nitrogen and oxygen atoms in total. The zero-order chi connectivity index (χ0) is 16.1. The van der Waals surface area contributed by atoms with E-state index in [0.717, 1.165) is 44.5 Å². The molecule has 4 rings (SSSR count). The first-order valence-corrected chi connectivity index (χ1v) is 7.54. The highest BCUT2D eigenvalue weighted by Gasteiger charge is 2.14. The molecule has 3 aromatic heterocycles. The second-order valence-electron chi connectivity index (χ2n) is 5.63. The Bertz CT molecular complexity index is 1080. The average molecular weight is 308 g/mol. The Hall–Kier alpha value is -2.89. The molecule has 6 heteroatoms. The summed E-state index contributed by atoms with van der Waals surface area (Å²) in [6.45, 7) is 6.40. The summed E-state index contributed by atoms with van der Waals surface area (Å²) in [6.07, 6.45) is 1.71. The number of aryl methyl sites for hydroxylation is 3. The Labute approximate surface area is 131 Å². The van der Waals surface area contributed by atoms with Crippen LogP contribution in [0, 0.1) is 13.8 Å². The van der Waals surface area contributed by atoms with Gasteiger partial charge in [0, 0.05) is 17.5 Å². The zero-order valence-electron chi connectivity index (χ0n) is 13.2. The number of imidazole rings is 1. The minimum Gasteiger partial charge on any atom is -0.361 e. The molecule has 0 aliphatic heterocycles. The lowest BCUT2D eigenvalue weighted by Crippen LogP contribution is -2.15. The van der Waals surface area contributed by atoms with E-state index in [9.17, 15) is 4.79 Å². The highest BCUT2D eigenvalue weighted by Crippen LogP contribution is 2.30. The zero-order valence-corrected chi connectivity index (χ0v) is 13.2. The number of hydrogen-bond acceptors (Lipinski definition) is 4. The maximum absolute atomic E-state index is 12.0. The summed E-state index contributed by atoms with van der Waals surface area (Å²) in [5, 5.41) is 4.96. The van der Waals surface area contributed by atoms with E-state index in [-0.39, 0.29) is 5.69 Å². The number of fused-ring (bicyclic) bond motifs is 3. The summed E-state index contributed by atoms with van der Waals surface area (Å²) in [5.41, 5.74) is 5.26. The smallest absolute Gasteiger partial charge is 0.326 e. The fraction of sp³-hybridized carbons (Fsp3) is 0.235. The number of nitrogens with one attached hydrogen (secondary N) is 1. The van der Waals surface area contributed by atoms with Crippen molar-refractivity contribution in [3.63, 3.8) is 0 Å². The monoisotopic (exact) mass is 308 g/mol. The van der Waals surface area contributed by atoms with Crippen LogP contribution in [0.1, 0.15) is 18.4 Å². The van der Waals surface area contributed by atoms with Gasteiger partial charge in [0.25, 0.3) is 0 Å². The van der Waals surface area contributed by atoms with Crippen LogP contribution in [0.25, 0.3) is 33.1 Å². The van der Waals surface area contributed by atoms with Crippen LogP contribution in [-0.4, -0.2) is 19.7 Å². The van der Waals surface area contributed by atoms with Crippen LogP contribution in [0.4, 0.5) is 0 Å². The standard InChI is InChI=1S/C17H16N4O2/c1-4-21-16-12-6-5-11(15-9(2)20-23-10(15)3)7-13(12)18-8-14(16)19-17(21)22/h5-8H,4H2,1-3H3,(H,19,22). The summed E-state index contributed by atoms with van der Waals surface area (Å²) in [5.74, 6) is 0.787. The van der Waals surface area contributed by atoms with Crippen LogP contribution in [0.15, 0.2) is 33.7 Å². The molecule has 0 atom stereocenters. The van der Waals surface area contributed by atoms with E-state index in [4.69, 9.17) is 4.52 Å². The SMILES string of the molecule is CCn1c(=O)[nH]c2cnc3cc(-c4c(C)noc4C)ccc3c21. The minimum absolute atomic E-state index is 0.105. The Morgan fingerprint density at radius 3 is 2.83 bits per heavy atom. The first-order chi connectivity index (χ1) is 11.1. The number of nitrogens with zero attached hydrogens (tertiary/aromatic N) is 3. The third-order valence-electron chi connectivity index (χ3n) is 4.24. The summed E-state index contributed by atoms with van der Waals surface area (Å²) < 4.78 is 6.98. The van der Waals surface area contributed by atoms with Gasteiger partial charge in [0.1, 0.15) is 5.76 Å². The van der Waals surface area contributed by atoms with Crippen LogP contribution in [0.3, 0.4) is 0 Å². The predicted octanol–water partition coefficient (Wildman–Crippen LogP) is 3.17. The van der Waals surface area contributed by atoms with Crippen molar-refractivity contribution in [2.24, 2.45) is 0 Å². The molecule has 0 aliphatic rings. The van der Waals surface area contributed by atoms with E-state index in [1.54, 1.807) is 10.8 Å². The van der Waals surface area contributed by atoms with Crippen LogP contribution >= 0.6 is 0 Å². The summed E-state index contributed by atoms with van der Waals surface area (Å²) >= 11 is 0. The summed E-state index contributed by atoms with van der Waals surface area (Å²) in [7, 11) is 0. The van der Waals surface area contributed by atoms with Gasteiger partial charge in [-0.25, -0.2) is 4.79 Å². The molecule has 0 amide bonds. The Kier molecular flexibility index (Phi) is 2.87. The van der Waals surface area contributed by atoms with Crippen LogP contribution in [0.5, 0.6) is 0 Å². The van der Waals surface area contributed by atoms with Gasteiger partial charge in [-0.1, -0.05) is 17.3 Å². The van der Waals surface area contributed by atoms with Gasteiger partial charge in [-0.15, -0.1) is 0 Å².